The van der Waals surface area contributed by atoms with Crippen LogP contribution in [0.3, 0.4) is 0 Å². The molecule has 14 heavy (non-hydrogen) atoms. The van der Waals surface area contributed by atoms with Crippen LogP contribution in [0, 0.1) is 0 Å². The van der Waals surface area contributed by atoms with Crippen molar-refractivity contribution >= 4 is 63.1 Å². The molecule has 0 spiro atoms. The number of rotatable bonds is 7. The average Bonchev–Trinajstić information content (AvgIpc) is 2.24. The molecule has 0 nitrogen and oxygen atoms in total. The third-order valence-electron chi connectivity index (χ3n) is 1.49. The summed E-state index contributed by atoms with van der Waals surface area (Å²) < 4.78 is 0. The molecule has 0 bridgehead atoms. The van der Waals surface area contributed by atoms with Gasteiger partial charge in [0.1, 0.15) is 0 Å². The van der Waals surface area contributed by atoms with E-state index in [1.54, 1.807) is 0 Å². The van der Waals surface area contributed by atoms with Crippen molar-refractivity contribution in [3.05, 3.63) is 0 Å². The van der Waals surface area contributed by atoms with Crippen LogP contribution in [0.2, 0.25) is 0 Å². The molecule has 0 amide bonds. The summed E-state index contributed by atoms with van der Waals surface area (Å²) in [6, 6.07) is 0. The van der Waals surface area contributed by atoms with Gasteiger partial charge in [0, 0.05) is 16.8 Å². The van der Waals surface area contributed by atoms with Crippen LogP contribution in [0.4, 0.5) is 0 Å². The Morgan fingerprint density at radius 2 is 1.00 bits per heavy atom. The molecule has 0 fully saturated rings. The molecule has 0 unspecified atom stereocenters. The zero-order valence-electron chi connectivity index (χ0n) is 8.47. The third kappa shape index (κ3) is 19.3. The van der Waals surface area contributed by atoms with Gasteiger partial charge in [-0.3, -0.25) is 0 Å². The van der Waals surface area contributed by atoms with Gasteiger partial charge >= 0.3 is 0 Å². The minimum absolute atomic E-state index is 0.358. The first kappa shape index (κ1) is 18.1. The summed E-state index contributed by atoms with van der Waals surface area (Å²) >= 11 is 20.2. The van der Waals surface area contributed by atoms with Crippen molar-refractivity contribution in [2.24, 2.45) is 0 Å². The number of hydrogen-bond donors (Lipinski definition) is 5. The van der Waals surface area contributed by atoms with Gasteiger partial charge in [-0.25, -0.2) is 0 Å². The fraction of sp³-hybridized carbons (Fsp3) is 1.00. The van der Waals surface area contributed by atoms with Crippen molar-refractivity contribution in [2.75, 3.05) is 23.0 Å². The van der Waals surface area contributed by atoms with E-state index < -0.39 is 0 Å². The maximum absolute atomic E-state index is 4.10. The summed E-state index contributed by atoms with van der Waals surface area (Å²) in [5.74, 6) is 3.69. The number of unbranched alkanes of at least 4 members (excludes halogenated alkanes) is 3. The van der Waals surface area contributed by atoms with E-state index in [1.165, 1.54) is 25.7 Å². The smallest absolute Gasteiger partial charge is 0.0193 e. The second-order valence-electron chi connectivity index (χ2n) is 2.88. The van der Waals surface area contributed by atoms with E-state index in [1.807, 2.05) is 0 Å². The highest BCUT2D eigenvalue weighted by Gasteiger charge is 1.91. The fourth-order valence-corrected chi connectivity index (χ4v) is 1.54. The third-order valence-corrected chi connectivity index (χ3v) is 3.94. The molecule has 0 rings (SSSR count). The minimum Gasteiger partial charge on any atom is -0.179 e. The lowest BCUT2D eigenvalue weighted by Gasteiger charge is -1.96. The summed E-state index contributed by atoms with van der Waals surface area (Å²) in [7, 11) is 0. The predicted molar refractivity (Wildman–Crippen MR) is 86.7 cm³/mol. The van der Waals surface area contributed by atoms with Crippen LogP contribution in [0.15, 0.2) is 0 Å². The van der Waals surface area contributed by atoms with Crippen molar-refractivity contribution in [1.82, 2.24) is 0 Å². The summed E-state index contributed by atoms with van der Waals surface area (Å²) in [5, 5.41) is 0.358. The molecule has 0 aromatic carbocycles. The lowest BCUT2D eigenvalue weighted by molar-refractivity contribution is 0.713. The van der Waals surface area contributed by atoms with Crippen LogP contribution in [0.5, 0.6) is 0 Å². The van der Waals surface area contributed by atoms with Crippen molar-refractivity contribution in [3.63, 3.8) is 0 Å². The van der Waals surface area contributed by atoms with Gasteiger partial charge in [-0.2, -0.15) is 63.1 Å². The van der Waals surface area contributed by atoms with Crippen molar-refractivity contribution < 1.29 is 0 Å². The van der Waals surface area contributed by atoms with E-state index in [9.17, 15) is 0 Å². The fourth-order valence-electron chi connectivity index (χ4n) is 0.635. The second-order valence-corrected chi connectivity index (χ2v) is 5.24. The van der Waals surface area contributed by atoms with Crippen LogP contribution < -0.4 is 0 Å². The molecule has 0 saturated heterocycles. The van der Waals surface area contributed by atoms with Crippen molar-refractivity contribution in [1.29, 1.82) is 0 Å². The van der Waals surface area contributed by atoms with Crippen LogP contribution in [0.25, 0.3) is 0 Å². The van der Waals surface area contributed by atoms with E-state index >= 15 is 0 Å². The van der Waals surface area contributed by atoms with Gasteiger partial charge < -0.3 is 0 Å². The summed E-state index contributed by atoms with van der Waals surface area (Å²) in [5.41, 5.74) is 0. The van der Waals surface area contributed by atoms with E-state index in [0.717, 1.165) is 23.0 Å². The topological polar surface area (TPSA) is 0 Å². The predicted octanol–water partition coefficient (Wildman–Crippen LogP) is 3.55. The maximum atomic E-state index is 4.10. The number of hydrogen-bond acceptors (Lipinski definition) is 5. The zero-order chi connectivity index (χ0) is 11.2. The summed E-state index contributed by atoms with van der Waals surface area (Å²) in [6.45, 7) is 0. The molecule has 0 saturated carbocycles. The summed E-state index contributed by atoms with van der Waals surface area (Å²) in [4.78, 5) is 0. The largest absolute Gasteiger partial charge is 0.179 e. The Morgan fingerprint density at radius 3 is 1.14 bits per heavy atom. The zero-order valence-corrected chi connectivity index (χ0v) is 12.9. The molecule has 0 radical (unpaired) electrons. The Balaban J connectivity index is 0. The Morgan fingerprint density at radius 1 is 0.643 bits per heavy atom. The Bertz CT molecular complexity index is 79.3. The van der Waals surface area contributed by atoms with Gasteiger partial charge in [0.15, 0.2) is 0 Å². The first-order valence-electron chi connectivity index (χ1n) is 4.84. The van der Waals surface area contributed by atoms with Gasteiger partial charge in [-0.1, -0.05) is 12.8 Å². The van der Waals surface area contributed by atoms with Crippen molar-refractivity contribution in [2.45, 2.75) is 30.9 Å². The normalized spacial score (nSPS) is 9.86. The molecular weight excluding hydrogens is 268 g/mol. The molecule has 0 aliphatic carbocycles. The van der Waals surface area contributed by atoms with Crippen LogP contribution in [-0.2, 0) is 0 Å². The van der Waals surface area contributed by atoms with E-state index in [0.29, 0.717) is 5.25 Å². The van der Waals surface area contributed by atoms with Gasteiger partial charge in [0.05, 0.1) is 0 Å². The summed E-state index contributed by atoms with van der Waals surface area (Å²) in [6.07, 6.45) is 5.17. The van der Waals surface area contributed by atoms with Crippen LogP contribution >= 0.6 is 63.1 Å². The van der Waals surface area contributed by atoms with Crippen molar-refractivity contribution in [3.8, 4) is 0 Å². The molecule has 0 heterocycles. The van der Waals surface area contributed by atoms with Gasteiger partial charge in [-0.05, 0) is 24.3 Å². The Hall–Kier alpha value is 1.75. The molecular formula is C9H22S5. The molecule has 0 aromatic heterocycles. The minimum atomic E-state index is 0.358. The SMILES string of the molecule is SCC(S)CS.SCCCCCCS. The standard InChI is InChI=1S/C6H14S2.C3H8S3/c7-5-3-1-2-4-6-8;4-1-3(6)2-5/h7-8H,1-6H2;3-6H,1-2H2. The molecule has 5 heteroatoms. The van der Waals surface area contributed by atoms with E-state index in [4.69, 9.17) is 0 Å². The molecule has 0 aliphatic heterocycles. The molecule has 88 valence electrons. The lowest BCUT2D eigenvalue weighted by Crippen LogP contribution is -2.00. The second kappa shape index (κ2) is 17.2. The highest BCUT2D eigenvalue weighted by molar-refractivity contribution is 7.86. The van der Waals surface area contributed by atoms with Gasteiger partial charge in [0.2, 0.25) is 0 Å². The highest BCUT2D eigenvalue weighted by atomic mass is 32.1. The van der Waals surface area contributed by atoms with Gasteiger partial charge in [-0.15, -0.1) is 0 Å². The maximum Gasteiger partial charge on any atom is 0.0193 e. The molecule has 0 atom stereocenters. The molecule has 0 N–H and O–H groups in total. The lowest BCUT2D eigenvalue weighted by atomic mass is 10.2. The molecule has 0 aromatic rings. The average molecular weight is 291 g/mol. The van der Waals surface area contributed by atoms with Gasteiger partial charge in [0.25, 0.3) is 0 Å². The van der Waals surface area contributed by atoms with Crippen LogP contribution in [0.1, 0.15) is 25.7 Å². The highest BCUT2D eigenvalue weighted by Crippen LogP contribution is 2.00. The van der Waals surface area contributed by atoms with E-state index in [2.05, 4.69) is 63.1 Å². The Kier molecular flexibility index (Phi) is 22.2. The quantitative estimate of drug-likeness (QED) is 0.344. The molecule has 0 aliphatic rings. The number of thiol groups is 5. The first-order valence-corrected chi connectivity index (χ1v) is 7.89. The monoisotopic (exact) mass is 290 g/mol. The Labute approximate surface area is 116 Å². The first-order chi connectivity index (χ1) is 6.72. The van der Waals surface area contributed by atoms with E-state index in [-0.39, 0.29) is 0 Å². The van der Waals surface area contributed by atoms with Crippen LogP contribution in [-0.4, -0.2) is 28.3 Å².